The minimum atomic E-state index is -0.320. The number of ether oxygens (including phenoxy) is 3. The molecular weight excluding hydrogens is 408 g/mol. The van der Waals surface area contributed by atoms with Crippen LogP contribution in [0.5, 0.6) is 17.2 Å². The lowest BCUT2D eigenvalue weighted by Crippen LogP contribution is -2.29. The maximum absolute atomic E-state index is 13.2. The third-order valence-electron chi connectivity index (χ3n) is 5.43. The Morgan fingerprint density at radius 1 is 1.03 bits per heavy atom. The predicted molar refractivity (Wildman–Crippen MR) is 126 cm³/mol. The van der Waals surface area contributed by atoms with Crippen LogP contribution in [-0.2, 0) is 11.2 Å². The molecule has 1 aliphatic carbocycles. The van der Waals surface area contributed by atoms with Crippen LogP contribution >= 0.6 is 0 Å². The maximum atomic E-state index is 13.2. The van der Waals surface area contributed by atoms with Crippen molar-refractivity contribution in [1.29, 1.82) is 0 Å². The molecule has 2 N–H and O–H groups in total. The number of carbonyl (C=O) groups is 1. The summed E-state index contributed by atoms with van der Waals surface area (Å²) < 4.78 is 16.9. The molecule has 0 saturated carbocycles. The smallest absolute Gasteiger partial charge is 0.217 e. The first-order chi connectivity index (χ1) is 15.1. The fourth-order valence-corrected chi connectivity index (χ4v) is 4.21. The van der Waals surface area contributed by atoms with Gasteiger partial charge in [-0.15, -0.1) is 0 Å². The Hall–Kier alpha value is -3.22. The fourth-order valence-electron chi connectivity index (χ4n) is 4.21. The standard InChI is InChI=1S/C25H32N2O5/c1-14(28)26-18-10-8-15-12-21(30-5)23(31-6)24(32-7)22(15)16-9-11-19(27-25(2,3)4)20(29)13-17(16)18/h9,11-13,18H,8,10H2,1-7H3,(H,26,28)(H,27,29)/t18-/m1/s1. The van der Waals surface area contributed by atoms with Gasteiger partial charge in [-0.25, -0.2) is 0 Å². The zero-order chi connectivity index (χ0) is 23.6. The van der Waals surface area contributed by atoms with Gasteiger partial charge in [0, 0.05) is 18.0 Å². The van der Waals surface area contributed by atoms with Gasteiger partial charge in [-0.1, -0.05) is 6.07 Å². The summed E-state index contributed by atoms with van der Waals surface area (Å²) in [4.78, 5) is 25.1. The first-order valence-electron chi connectivity index (χ1n) is 10.6. The second kappa shape index (κ2) is 9.10. The molecule has 172 valence electrons. The summed E-state index contributed by atoms with van der Waals surface area (Å²) in [6.07, 6.45) is 1.29. The highest BCUT2D eigenvalue weighted by Gasteiger charge is 2.29. The minimum Gasteiger partial charge on any atom is -0.493 e. The van der Waals surface area contributed by atoms with Crippen LogP contribution in [0.3, 0.4) is 0 Å². The van der Waals surface area contributed by atoms with E-state index in [0.29, 0.717) is 35.8 Å². The van der Waals surface area contributed by atoms with E-state index >= 15 is 0 Å². The van der Waals surface area contributed by atoms with Crippen molar-refractivity contribution in [2.24, 2.45) is 0 Å². The van der Waals surface area contributed by atoms with Crippen LogP contribution in [0.15, 0.2) is 29.1 Å². The number of hydrogen-bond donors (Lipinski definition) is 2. The average Bonchev–Trinajstić information content (AvgIpc) is 2.95. The zero-order valence-corrected chi connectivity index (χ0v) is 19.8. The molecule has 0 bridgehead atoms. The van der Waals surface area contributed by atoms with E-state index in [9.17, 15) is 9.59 Å². The van der Waals surface area contributed by atoms with E-state index in [0.717, 1.165) is 22.3 Å². The van der Waals surface area contributed by atoms with Gasteiger partial charge in [-0.2, -0.15) is 0 Å². The van der Waals surface area contributed by atoms with E-state index in [1.807, 2.05) is 32.9 Å². The lowest BCUT2D eigenvalue weighted by molar-refractivity contribution is -0.119. The SMILES string of the molecule is COc1cc2c(c(OC)c1OC)-c1ccc(NC(C)(C)C)c(=O)cc1[C@H](NC(C)=O)CC2. The quantitative estimate of drug-likeness (QED) is 0.729. The van der Waals surface area contributed by atoms with Gasteiger partial charge in [0.25, 0.3) is 0 Å². The third-order valence-corrected chi connectivity index (χ3v) is 5.43. The number of benzene rings is 1. The first-order valence-corrected chi connectivity index (χ1v) is 10.6. The van der Waals surface area contributed by atoms with Crippen LogP contribution < -0.4 is 30.3 Å². The van der Waals surface area contributed by atoms with Crippen molar-refractivity contribution in [3.63, 3.8) is 0 Å². The van der Waals surface area contributed by atoms with Crippen molar-refractivity contribution in [2.75, 3.05) is 26.6 Å². The molecule has 7 heteroatoms. The number of hydrogen-bond acceptors (Lipinski definition) is 6. The van der Waals surface area contributed by atoms with Crippen LogP contribution in [0.25, 0.3) is 11.1 Å². The van der Waals surface area contributed by atoms with E-state index in [4.69, 9.17) is 14.2 Å². The largest absolute Gasteiger partial charge is 0.493 e. The summed E-state index contributed by atoms with van der Waals surface area (Å²) in [7, 11) is 4.74. The van der Waals surface area contributed by atoms with E-state index in [1.54, 1.807) is 33.5 Å². The van der Waals surface area contributed by atoms with E-state index in [-0.39, 0.29) is 22.9 Å². The molecule has 32 heavy (non-hydrogen) atoms. The number of anilines is 1. The highest BCUT2D eigenvalue weighted by Crippen LogP contribution is 2.50. The Labute approximate surface area is 189 Å². The molecule has 1 amide bonds. The predicted octanol–water partition coefficient (Wildman–Crippen LogP) is 4.07. The maximum Gasteiger partial charge on any atom is 0.217 e. The molecule has 3 rings (SSSR count). The first kappa shape index (κ1) is 23.4. The molecule has 0 heterocycles. The van der Waals surface area contributed by atoms with Crippen molar-refractivity contribution < 1.29 is 19.0 Å². The van der Waals surface area contributed by atoms with Gasteiger partial charge in [0.05, 0.1) is 33.1 Å². The topological polar surface area (TPSA) is 85.9 Å². The van der Waals surface area contributed by atoms with Gasteiger partial charge < -0.3 is 24.8 Å². The number of methoxy groups -OCH3 is 3. The molecule has 7 nitrogen and oxygen atoms in total. The second-order valence-corrected chi connectivity index (χ2v) is 8.97. The lowest BCUT2D eigenvalue weighted by Gasteiger charge is -2.21. The summed E-state index contributed by atoms with van der Waals surface area (Å²) >= 11 is 0. The van der Waals surface area contributed by atoms with Crippen LogP contribution in [-0.4, -0.2) is 32.8 Å². The van der Waals surface area contributed by atoms with Crippen molar-refractivity contribution in [3.8, 4) is 28.4 Å². The molecular formula is C25H32N2O5. The molecule has 1 atom stereocenters. The van der Waals surface area contributed by atoms with Crippen molar-refractivity contribution in [3.05, 3.63) is 45.6 Å². The molecule has 0 fully saturated rings. The van der Waals surface area contributed by atoms with Crippen molar-refractivity contribution in [1.82, 2.24) is 5.32 Å². The molecule has 2 aromatic rings. The van der Waals surface area contributed by atoms with Gasteiger partial charge in [-0.3, -0.25) is 9.59 Å². The normalized spacial score (nSPS) is 15.0. The molecule has 1 aliphatic rings. The highest BCUT2D eigenvalue weighted by atomic mass is 16.5. The zero-order valence-electron chi connectivity index (χ0n) is 19.8. The summed E-state index contributed by atoms with van der Waals surface area (Å²) in [6.45, 7) is 7.48. The number of amides is 1. The third kappa shape index (κ3) is 4.66. The Kier molecular flexibility index (Phi) is 6.67. The molecule has 0 spiro atoms. The highest BCUT2D eigenvalue weighted by molar-refractivity contribution is 5.83. The van der Waals surface area contributed by atoms with Gasteiger partial charge >= 0.3 is 0 Å². The van der Waals surface area contributed by atoms with Gasteiger partial charge in [0.1, 0.15) is 0 Å². The minimum absolute atomic E-state index is 0.139. The fraction of sp³-hybridized carbons (Fsp3) is 0.440. The molecule has 0 radical (unpaired) electrons. The summed E-state index contributed by atoms with van der Waals surface area (Å²) in [5, 5.41) is 6.30. The number of carbonyl (C=O) groups excluding carboxylic acids is 1. The van der Waals surface area contributed by atoms with Crippen LogP contribution in [0.1, 0.15) is 51.3 Å². The van der Waals surface area contributed by atoms with Crippen molar-refractivity contribution >= 4 is 11.6 Å². The Morgan fingerprint density at radius 3 is 2.28 bits per heavy atom. The Bertz CT molecular complexity index is 1090. The van der Waals surface area contributed by atoms with Crippen LogP contribution in [0, 0.1) is 0 Å². The number of rotatable bonds is 5. The average molecular weight is 441 g/mol. The molecule has 2 aromatic carbocycles. The van der Waals surface area contributed by atoms with Crippen molar-refractivity contribution in [2.45, 2.75) is 52.1 Å². The molecule has 0 saturated heterocycles. The molecule has 0 aromatic heterocycles. The van der Waals surface area contributed by atoms with Gasteiger partial charge in [-0.05, 0) is 68.5 Å². The van der Waals surface area contributed by atoms with E-state index in [2.05, 4.69) is 10.6 Å². The molecule has 0 unspecified atom stereocenters. The Balaban J connectivity index is 2.38. The summed E-state index contributed by atoms with van der Waals surface area (Å²) in [6, 6.07) is 6.95. The van der Waals surface area contributed by atoms with E-state index < -0.39 is 0 Å². The lowest BCUT2D eigenvalue weighted by atomic mass is 9.95. The number of aryl methyl sites for hydroxylation is 1. The second-order valence-electron chi connectivity index (χ2n) is 8.97. The summed E-state index contributed by atoms with van der Waals surface area (Å²) in [5.41, 5.74) is 3.47. The number of fused-ring (bicyclic) bond motifs is 3. The van der Waals surface area contributed by atoms with Gasteiger partial charge in [0.2, 0.25) is 17.1 Å². The number of nitrogens with one attached hydrogen (secondary N) is 2. The van der Waals surface area contributed by atoms with E-state index in [1.165, 1.54) is 6.92 Å². The van der Waals surface area contributed by atoms with Gasteiger partial charge in [0.15, 0.2) is 11.5 Å². The molecule has 0 aliphatic heterocycles. The Morgan fingerprint density at radius 2 is 1.72 bits per heavy atom. The van der Waals surface area contributed by atoms with Crippen LogP contribution in [0.4, 0.5) is 5.69 Å². The monoisotopic (exact) mass is 440 g/mol. The van der Waals surface area contributed by atoms with Crippen LogP contribution in [0.2, 0.25) is 0 Å². The summed E-state index contributed by atoms with van der Waals surface area (Å²) in [5.74, 6) is 1.44.